The molecule has 4 fully saturated rings. The largest absolute Gasteiger partial charge is 0.376 e. The molecular formula is C17H28N2O3S2. The van der Waals surface area contributed by atoms with Gasteiger partial charge in [-0.3, -0.25) is 0 Å². The summed E-state index contributed by atoms with van der Waals surface area (Å²) in [5.74, 6) is 2.15. The molecule has 1 N–H and O–H groups in total. The molecule has 0 aromatic heterocycles. The molecule has 7 heteroatoms. The minimum atomic E-state index is -2.91. The molecule has 2 saturated heterocycles. The lowest BCUT2D eigenvalue weighted by atomic mass is 9.95. The van der Waals surface area contributed by atoms with Crippen molar-refractivity contribution in [3.8, 4) is 0 Å². The van der Waals surface area contributed by atoms with Crippen molar-refractivity contribution in [2.75, 3.05) is 24.7 Å². The number of nitrogens with one attached hydrogen (secondary N) is 1. The summed E-state index contributed by atoms with van der Waals surface area (Å²) in [7, 11) is -2.91. The van der Waals surface area contributed by atoms with Crippen LogP contribution >= 0.6 is 12.2 Å². The van der Waals surface area contributed by atoms with Crippen molar-refractivity contribution in [3.05, 3.63) is 0 Å². The van der Waals surface area contributed by atoms with Gasteiger partial charge in [-0.05, 0) is 62.6 Å². The molecule has 0 amide bonds. The third-order valence-electron chi connectivity index (χ3n) is 6.38. The first kappa shape index (κ1) is 17.0. The second kappa shape index (κ2) is 6.72. The van der Waals surface area contributed by atoms with Gasteiger partial charge in [-0.1, -0.05) is 6.42 Å². The fraction of sp³-hybridized carbons (Fsp3) is 0.941. The van der Waals surface area contributed by atoms with E-state index in [0.717, 1.165) is 42.9 Å². The van der Waals surface area contributed by atoms with Crippen LogP contribution in [0.3, 0.4) is 0 Å². The van der Waals surface area contributed by atoms with E-state index in [1.54, 1.807) is 0 Å². The summed E-state index contributed by atoms with van der Waals surface area (Å²) < 4.78 is 29.7. The van der Waals surface area contributed by atoms with E-state index in [9.17, 15) is 8.42 Å². The van der Waals surface area contributed by atoms with Gasteiger partial charge in [0.2, 0.25) is 0 Å². The van der Waals surface area contributed by atoms with E-state index in [2.05, 4.69) is 10.2 Å². The highest BCUT2D eigenvalue weighted by Crippen LogP contribution is 2.44. The summed E-state index contributed by atoms with van der Waals surface area (Å²) in [6, 6.07) is 0.499. The third kappa shape index (κ3) is 3.58. The Balaban J connectivity index is 1.43. The maximum Gasteiger partial charge on any atom is 0.169 e. The van der Waals surface area contributed by atoms with Crippen LogP contribution in [0.25, 0.3) is 0 Å². The van der Waals surface area contributed by atoms with Crippen LogP contribution in [0.15, 0.2) is 0 Å². The van der Waals surface area contributed by atoms with Crippen LogP contribution in [0.4, 0.5) is 0 Å². The number of hydrogen-bond donors (Lipinski definition) is 1. The van der Waals surface area contributed by atoms with E-state index in [1.807, 2.05) is 0 Å². The maximum absolute atomic E-state index is 11.9. The van der Waals surface area contributed by atoms with Crippen LogP contribution in [-0.2, 0) is 14.6 Å². The van der Waals surface area contributed by atoms with Gasteiger partial charge in [-0.2, -0.15) is 0 Å². The first-order valence-electron chi connectivity index (χ1n) is 9.39. The van der Waals surface area contributed by atoms with Crippen LogP contribution in [-0.4, -0.2) is 61.3 Å². The fourth-order valence-corrected chi connectivity index (χ4v) is 7.20. The number of rotatable bonds is 4. The monoisotopic (exact) mass is 372 g/mol. The molecule has 2 saturated carbocycles. The quantitative estimate of drug-likeness (QED) is 0.759. The standard InChI is InChI=1S/C17H28N2O3S2/c20-24(21)7-5-14(11-24)19(10-15-2-1-6-22-15)17(23)18-16-9-12-3-4-13(16)8-12/h12-16H,1-11H2,(H,18,23). The fourth-order valence-electron chi connectivity index (χ4n) is 5.09. The first-order chi connectivity index (χ1) is 11.5. The zero-order valence-electron chi connectivity index (χ0n) is 14.2. The lowest BCUT2D eigenvalue weighted by molar-refractivity contribution is 0.0838. The van der Waals surface area contributed by atoms with Gasteiger partial charge in [0.15, 0.2) is 14.9 Å². The van der Waals surface area contributed by atoms with Crippen LogP contribution in [0.2, 0.25) is 0 Å². The smallest absolute Gasteiger partial charge is 0.169 e. The molecule has 0 spiro atoms. The minimum Gasteiger partial charge on any atom is -0.376 e. The van der Waals surface area contributed by atoms with E-state index in [1.165, 1.54) is 25.7 Å². The van der Waals surface area contributed by atoms with Gasteiger partial charge >= 0.3 is 0 Å². The molecule has 2 aliphatic heterocycles. The summed E-state index contributed by atoms with van der Waals surface area (Å²) in [5, 5.41) is 4.35. The van der Waals surface area contributed by atoms with Crippen molar-refractivity contribution >= 4 is 27.2 Å². The van der Waals surface area contributed by atoms with Crippen molar-refractivity contribution in [1.82, 2.24) is 10.2 Å². The number of thiocarbonyl (C=S) groups is 1. The zero-order chi connectivity index (χ0) is 16.7. The van der Waals surface area contributed by atoms with Crippen molar-refractivity contribution in [3.63, 3.8) is 0 Å². The van der Waals surface area contributed by atoms with Crippen molar-refractivity contribution < 1.29 is 13.2 Å². The summed E-state index contributed by atoms with van der Waals surface area (Å²) >= 11 is 5.74. The Morgan fingerprint density at radius 3 is 2.67 bits per heavy atom. The summed E-state index contributed by atoms with van der Waals surface area (Å²) in [5.41, 5.74) is 0. The van der Waals surface area contributed by atoms with Crippen molar-refractivity contribution in [2.45, 2.75) is 63.1 Å². The van der Waals surface area contributed by atoms with Crippen LogP contribution in [0.5, 0.6) is 0 Å². The Labute approximate surface area is 150 Å². The number of hydrogen-bond acceptors (Lipinski definition) is 4. The maximum atomic E-state index is 11.9. The SMILES string of the molecule is O=S1(=O)CCC(N(CC2CCCO2)C(=S)NC2CC3CCC2C3)C1. The van der Waals surface area contributed by atoms with Gasteiger partial charge in [0.1, 0.15) is 0 Å². The Morgan fingerprint density at radius 1 is 1.21 bits per heavy atom. The highest BCUT2D eigenvalue weighted by Gasteiger charge is 2.41. The van der Waals surface area contributed by atoms with E-state index in [4.69, 9.17) is 17.0 Å². The van der Waals surface area contributed by atoms with Gasteiger partial charge in [0.05, 0.1) is 17.6 Å². The molecule has 24 heavy (non-hydrogen) atoms. The summed E-state index contributed by atoms with van der Waals surface area (Å²) in [6.45, 7) is 1.54. The Hall–Kier alpha value is -0.400. The number of sulfone groups is 1. The second-order valence-corrected chi connectivity index (χ2v) is 10.7. The number of nitrogens with zero attached hydrogens (tertiary/aromatic N) is 1. The molecular weight excluding hydrogens is 344 g/mol. The molecule has 5 atom stereocenters. The van der Waals surface area contributed by atoms with Crippen molar-refractivity contribution in [2.24, 2.45) is 11.8 Å². The van der Waals surface area contributed by atoms with Crippen LogP contribution in [0.1, 0.15) is 44.9 Å². The first-order valence-corrected chi connectivity index (χ1v) is 11.6. The lowest BCUT2D eigenvalue weighted by Gasteiger charge is -2.35. The average molecular weight is 373 g/mol. The molecule has 2 aliphatic carbocycles. The summed E-state index contributed by atoms with van der Waals surface area (Å²) in [6.07, 6.45) is 8.26. The lowest BCUT2D eigenvalue weighted by Crippen LogP contribution is -2.52. The molecule has 4 aliphatic rings. The Bertz CT molecular complexity index is 589. The zero-order valence-corrected chi connectivity index (χ0v) is 15.8. The minimum absolute atomic E-state index is 0.0118. The topological polar surface area (TPSA) is 58.6 Å². The van der Waals surface area contributed by atoms with Gasteiger partial charge in [0.25, 0.3) is 0 Å². The third-order valence-corrected chi connectivity index (χ3v) is 8.48. The molecule has 0 aromatic carbocycles. The molecule has 0 aromatic rings. The molecule has 136 valence electrons. The van der Waals surface area contributed by atoms with E-state index < -0.39 is 9.84 Å². The number of fused-ring (bicyclic) bond motifs is 2. The van der Waals surface area contributed by atoms with Gasteiger partial charge in [0, 0.05) is 25.2 Å². The van der Waals surface area contributed by atoms with Crippen molar-refractivity contribution in [1.29, 1.82) is 0 Å². The van der Waals surface area contributed by atoms with Gasteiger partial charge in [-0.25, -0.2) is 8.42 Å². The predicted molar refractivity (Wildman–Crippen MR) is 97.7 cm³/mol. The molecule has 4 rings (SSSR count). The highest BCUT2D eigenvalue weighted by molar-refractivity contribution is 7.91. The second-order valence-electron chi connectivity index (χ2n) is 8.08. The normalized spacial score (nSPS) is 40.1. The molecule has 0 radical (unpaired) electrons. The molecule has 2 heterocycles. The van der Waals surface area contributed by atoms with E-state index in [-0.39, 0.29) is 23.7 Å². The highest BCUT2D eigenvalue weighted by atomic mass is 32.2. The van der Waals surface area contributed by atoms with Gasteiger partial charge < -0.3 is 15.0 Å². The van der Waals surface area contributed by atoms with Crippen LogP contribution in [0, 0.1) is 11.8 Å². The molecule has 2 bridgehead atoms. The predicted octanol–water partition coefficient (Wildman–Crippen LogP) is 1.72. The summed E-state index contributed by atoms with van der Waals surface area (Å²) in [4.78, 5) is 2.14. The number of ether oxygens (including phenoxy) is 1. The Kier molecular flexibility index (Phi) is 4.77. The average Bonchev–Trinajstić information content (AvgIpc) is 3.28. The molecule has 5 unspecified atom stereocenters. The van der Waals surface area contributed by atoms with E-state index >= 15 is 0 Å². The Morgan fingerprint density at radius 2 is 2.08 bits per heavy atom. The van der Waals surface area contributed by atoms with Gasteiger partial charge in [-0.15, -0.1) is 0 Å². The van der Waals surface area contributed by atoms with Crippen LogP contribution < -0.4 is 5.32 Å². The molecule has 5 nitrogen and oxygen atoms in total. The van der Waals surface area contributed by atoms with E-state index in [0.29, 0.717) is 12.5 Å².